The Labute approximate surface area is 132 Å². The van der Waals surface area contributed by atoms with E-state index in [4.69, 9.17) is 17.3 Å². The van der Waals surface area contributed by atoms with E-state index in [-0.39, 0.29) is 9.92 Å². The molecule has 0 spiro atoms. The fourth-order valence-corrected chi connectivity index (χ4v) is 3.40. The van der Waals surface area contributed by atoms with E-state index in [1.165, 1.54) is 6.07 Å². The largest absolute Gasteiger partial charge is 0.326 e. The lowest BCUT2D eigenvalue weighted by Crippen LogP contribution is -2.31. The van der Waals surface area contributed by atoms with Crippen molar-refractivity contribution in [3.8, 4) is 0 Å². The first-order valence-corrected chi connectivity index (χ1v) is 8.82. The van der Waals surface area contributed by atoms with E-state index in [2.05, 4.69) is 23.5 Å². The summed E-state index contributed by atoms with van der Waals surface area (Å²) in [4.78, 5) is 2.26. The molecule has 0 heterocycles. The predicted molar refractivity (Wildman–Crippen MR) is 86.9 cm³/mol. The number of halogens is 1. The minimum atomic E-state index is -3.58. The van der Waals surface area contributed by atoms with E-state index in [1.807, 2.05) is 7.05 Å². The monoisotopic (exact) mass is 333 g/mol. The van der Waals surface area contributed by atoms with Crippen LogP contribution in [0.1, 0.15) is 25.8 Å². The molecule has 5 nitrogen and oxygen atoms in total. The topological polar surface area (TPSA) is 75.4 Å². The Morgan fingerprint density at radius 1 is 1.38 bits per heavy atom. The van der Waals surface area contributed by atoms with Gasteiger partial charge in [0, 0.05) is 19.1 Å². The molecule has 0 radical (unpaired) electrons. The van der Waals surface area contributed by atoms with Gasteiger partial charge in [-0.05, 0) is 51.6 Å². The summed E-state index contributed by atoms with van der Waals surface area (Å²) in [5.74, 6) is 0. The van der Waals surface area contributed by atoms with Crippen molar-refractivity contribution in [2.24, 2.45) is 5.73 Å². The minimum Gasteiger partial charge on any atom is -0.326 e. The summed E-state index contributed by atoms with van der Waals surface area (Å²) in [5, 5.41) is 0.199. The Hall–Kier alpha value is -0.660. The first-order valence-electron chi connectivity index (χ1n) is 6.96. The minimum absolute atomic E-state index is 0.0959. The summed E-state index contributed by atoms with van der Waals surface area (Å²) in [6.07, 6.45) is 0.742. The average Bonchev–Trinajstić information content (AvgIpc) is 2.42. The molecule has 1 rings (SSSR count). The molecule has 0 fully saturated rings. The van der Waals surface area contributed by atoms with E-state index in [0.29, 0.717) is 19.1 Å². The van der Waals surface area contributed by atoms with Gasteiger partial charge in [-0.3, -0.25) is 0 Å². The van der Waals surface area contributed by atoms with Crippen molar-refractivity contribution in [1.82, 2.24) is 9.62 Å². The van der Waals surface area contributed by atoms with Crippen LogP contribution in [0.4, 0.5) is 0 Å². The third-order valence-electron chi connectivity index (χ3n) is 3.38. The molecule has 0 aromatic heterocycles. The third kappa shape index (κ3) is 5.56. The van der Waals surface area contributed by atoms with Crippen molar-refractivity contribution >= 4 is 21.6 Å². The van der Waals surface area contributed by atoms with E-state index < -0.39 is 10.0 Å². The van der Waals surface area contributed by atoms with Gasteiger partial charge in [-0.25, -0.2) is 13.1 Å². The zero-order chi connectivity index (χ0) is 16.0. The number of nitrogens with two attached hydrogens (primary N) is 1. The van der Waals surface area contributed by atoms with Gasteiger partial charge in [0.25, 0.3) is 0 Å². The van der Waals surface area contributed by atoms with Crippen LogP contribution in [0.2, 0.25) is 5.02 Å². The Kier molecular flexibility index (Phi) is 7.09. The number of hydrogen-bond donors (Lipinski definition) is 2. The molecule has 3 N–H and O–H groups in total. The van der Waals surface area contributed by atoms with Gasteiger partial charge in [0.05, 0.1) is 5.02 Å². The molecule has 1 aromatic carbocycles. The van der Waals surface area contributed by atoms with Gasteiger partial charge in [-0.2, -0.15) is 0 Å². The van der Waals surface area contributed by atoms with Crippen molar-refractivity contribution in [3.05, 3.63) is 28.8 Å². The second-order valence-electron chi connectivity index (χ2n) is 5.29. The summed E-state index contributed by atoms with van der Waals surface area (Å²) in [7, 11) is -1.56. The molecule has 1 aromatic rings. The Morgan fingerprint density at radius 3 is 2.57 bits per heavy atom. The lowest BCUT2D eigenvalue weighted by molar-refractivity contribution is 0.271. The van der Waals surface area contributed by atoms with Crippen LogP contribution >= 0.6 is 11.6 Å². The van der Waals surface area contributed by atoms with Crippen molar-refractivity contribution in [3.63, 3.8) is 0 Å². The van der Waals surface area contributed by atoms with Crippen LogP contribution in [0.5, 0.6) is 0 Å². The molecule has 0 saturated heterocycles. The summed E-state index contributed by atoms with van der Waals surface area (Å²) in [6.45, 7) is 5.75. The first-order chi connectivity index (χ1) is 9.77. The number of nitrogens with zero attached hydrogens (tertiary/aromatic N) is 1. The van der Waals surface area contributed by atoms with Crippen LogP contribution in [0.15, 0.2) is 23.1 Å². The highest BCUT2D eigenvalue weighted by atomic mass is 35.5. The number of sulfonamides is 1. The lowest BCUT2D eigenvalue weighted by Gasteiger charge is -2.20. The van der Waals surface area contributed by atoms with Crippen LogP contribution in [0, 0.1) is 0 Å². The zero-order valence-electron chi connectivity index (χ0n) is 12.8. The summed E-state index contributed by atoms with van der Waals surface area (Å²) in [6, 6.07) is 5.20. The maximum absolute atomic E-state index is 12.2. The van der Waals surface area contributed by atoms with Gasteiger partial charge in [0.15, 0.2) is 0 Å². The number of nitrogens with one attached hydrogen (secondary N) is 1. The van der Waals surface area contributed by atoms with Gasteiger partial charge >= 0.3 is 0 Å². The van der Waals surface area contributed by atoms with Crippen LogP contribution in [0.3, 0.4) is 0 Å². The van der Waals surface area contributed by atoms with E-state index >= 15 is 0 Å². The van der Waals surface area contributed by atoms with Crippen LogP contribution in [0.25, 0.3) is 0 Å². The molecule has 0 saturated carbocycles. The van der Waals surface area contributed by atoms with E-state index in [1.54, 1.807) is 12.1 Å². The molecular weight excluding hydrogens is 310 g/mol. The number of benzene rings is 1. The molecule has 120 valence electrons. The SMILES string of the molecule is CC(C)N(C)CCCNS(=O)(=O)c1ccc(CN)cc1Cl. The van der Waals surface area contributed by atoms with Crippen LogP contribution in [-0.2, 0) is 16.6 Å². The molecule has 21 heavy (non-hydrogen) atoms. The van der Waals surface area contributed by atoms with Gasteiger partial charge in [0.2, 0.25) is 10.0 Å². The van der Waals surface area contributed by atoms with Crippen LogP contribution in [-0.4, -0.2) is 39.5 Å². The van der Waals surface area contributed by atoms with Crippen molar-refractivity contribution in [2.75, 3.05) is 20.1 Å². The molecule has 0 aliphatic carbocycles. The highest BCUT2D eigenvalue weighted by molar-refractivity contribution is 7.89. The predicted octanol–water partition coefficient (Wildman–Crippen LogP) is 1.81. The lowest BCUT2D eigenvalue weighted by atomic mass is 10.2. The van der Waals surface area contributed by atoms with E-state index in [0.717, 1.165) is 18.5 Å². The molecular formula is C14H24ClN3O2S. The summed E-state index contributed by atoms with van der Waals surface area (Å²) >= 11 is 6.01. The molecule has 0 aliphatic heterocycles. The molecule has 0 unspecified atom stereocenters. The van der Waals surface area contributed by atoms with Gasteiger partial charge in [0.1, 0.15) is 4.90 Å². The Bertz CT molecular complexity index is 561. The van der Waals surface area contributed by atoms with Crippen molar-refractivity contribution in [2.45, 2.75) is 37.8 Å². The average molecular weight is 334 g/mol. The second kappa shape index (κ2) is 8.10. The normalized spacial score (nSPS) is 12.3. The first kappa shape index (κ1) is 18.4. The zero-order valence-corrected chi connectivity index (χ0v) is 14.3. The summed E-state index contributed by atoms with van der Waals surface area (Å²) < 4.78 is 27.0. The number of hydrogen-bond acceptors (Lipinski definition) is 4. The fraction of sp³-hybridized carbons (Fsp3) is 0.571. The highest BCUT2D eigenvalue weighted by Crippen LogP contribution is 2.22. The van der Waals surface area contributed by atoms with Crippen molar-refractivity contribution < 1.29 is 8.42 Å². The van der Waals surface area contributed by atoms with Gasteiger partial charge in [-0.1, -0.05) is 17.7 Å². The summed E-state index contributed by atoms with van der Waals surface area (Å²) in [5.41, 5.74) is 6.30. The third-order valence-corrected chi connectivity index (χ3v) is 5.33. The molecule has 0 atom stereocenters. The molecule has 0 amide bonds. The van der Waals surface area contributed by atoms with Gasteiger partial charge in [-0.15, -0.1) is 0 Å². The fourth-order valence-electron chi connectivity index (χ4n) is 1.76. The molecule has 0 bridgehead atoms. The van der Waals surface area contributed by atoms with Crippen molar-refractivity contribution in [1.29, 1.82) is 0 Å². The second-order valence-corrected chi connectivity index (χ2v) is 7.44. The Balaban J connectivity index is 2.62. The van der Waals surface area contributed by atoms with Crippen LogP contribution < -0.4 is 10.5 Å². The smallest absolute Gasteiger partial charge is 0.242 e. The van der Waals surface area contributed by atoms with Gasteiger partial charge < -0.3 is 10.6 Å². The van der Waals surface area contributed by atoms with E-state index in [9.17, 15) is 8.42 Å². The quantitative estimate of drug-likeness (QED) is 0.711. The molecule has 0 aliphatic rings. The standard InChI is InChI=1S/C14H24ClN3O2S/c1-11(2)18(3)8-4-7-17-21(19,20)14-6-5-12(10-16)9-13(14)15/h5-6,9,11,17H,4,7-8,10,16H2,1-3H3. The highest BCUT2D eigenvalue weighted by Gasteiger charge is 2.17. The Morgan fingerprint density at radius 2 is 2.05 bits per heavy atom. The number of rotatable bonds is 8. The maximum Gasteiger partial charge on any atom is 0.242 e. The molecule has 7 heteroatoms. The maximum atomic E-state index is 12.2.